The Hall–Kier alpha value is -1.71. The molecule has 0 aromatic heterocycles. The molecular weight excluding hydrogens is 252 g/mol. The van der Waals surface area contributed by atoms with Gasteiger partial charge in [0.25, 0.3) is 15.8 Å². The van der Waals surface area contributed by atoms with Crippen molar-refractivity contribution in [3.8, 4) is 0 Å². The number of anilines is 1. The Kier molecular flexibility index (Phi) is 3.99. The molecule has 3 N–H and O–H groups in total. The summed E-state index contributed by atoms with van der Waals surface area (Å²) in [6.07, 6.45) is 0. The molecule has 0 saturated carbocycles. The van der Waals surface area contributed by atoms with Crippen molar-refractivity contribution in [3.05, 3.63) is 28.3 Å². The van der Waals surface area contributed by atoms with E-state index in [0.29, 0.717) is 0 Å². The minimum Gasteiger partial charge on any atom is -0.395 e. The maximum absolute atomic E-state index is 11.0. The van der Waals surface area contributed by atoms with Crippen LogP contribution >= 0.6 is 0 Å². The molecule has 9 heteroatoms. The van der Waals surface area contributed by atoms with Gasteiger partial charge in [-0.05, 0) is 6.07 Å². The Balaban J connectivity index is 3.40. The minimum atomic E-state index is -4.57. The van der Waals surface area contributed by atoms with Crippen molar-refractivity contribution in [2.75, 3.05) is 18.5 Å². The largest absolute Gasteiger partial charge is 0.395 e. The van der Waals surface area contributed by atoms with Crippen molar-refractivity contribution in [2.45, 2.75) is 4.90 Å². The lowest BCUT2D eigenvalue weighted by molar-refractivity contribution is -0.384. The monoisotopic (exact) mass is 262 g/mol. The van der Waals surface area contributed by atoms with Gasteiger partial charge in [0, 0.05) is 12.6 Å². The molecule has 0 bridgehead atoms. The van der Waals surface area contributed by atoms with E-state index < -0.39 is 25.6 Å². The summed E-state index contributed by atoms with van der Waals surface area (Å²) >= 11 is 0. The van der Waals surface area contributed by atoms with E-state index in [9.17, 15) is 18.5 Å². The zero-order chi connectivity index (χ0) is 13.1. The van der Waals surface area contributed by atoms with Crippen LogP contribution in [-0.2, 0) is 10.1 Å². The van der Waals surface area contributed by atoms with Gasteiger partial charge in [0.05, 0.1) is 11.5 Å². The number of rotatable bonds is 5. The van der Waals surface area contributed by atoms with Gasteiger partial charge in [0.15, 0.2) is 0 Å². The topological polar surface area (TPSA) is 130 Å². The molecule has 1 aromatic carbocycles. The number of aliphatic hydroxyl groups excluding tert-OH is 1. The van der Waals surface area contributed by atoms with Crippen LogP contribution in [0.5, 0.6) is 0 Å². The number of nitro groups is 1. The molecule has 94 valence electrons. The van der Waals surface area contributed by atoms with Gasteiger partial charge in [0.2, 0.25) is 0 Å². The third kappa shape index (κ3) is 3.12. The van der Waals surface area contributed by atoms with Crippen molar-refractivity contribution in [2.24, 2.45) is 0 Å². The molecule has 0 aliphatic rings. The first-order valence-corrected chi connectivity index (χ1v) is 5.91. The normalized spacial score (nSPS) is 11.2. The fourth-order valence-electron chi connectivity index (χ4n) is 1.25. The number of nitrogens with one attached hydrogen (secondary N) is 1. The summed E-state index contributed by atoms with van der Waals surface area (Å²) in [5, 5.41) is 21.7. The molecule has 0 unspecified atom stereocenters. The first-order valence-electron chi connectivity index (χ1n) is 4.47. The Morgan fingerprint density at radius 1 is 1.41 bits per heavy atom. The molecule has 8 nitrogen and oxygen atoms in total. The summed E-state index contributed by atoms with van der Waals surface area (Å²) in [6, 6.07) is 3.27. The third-order valence-electron chi connectivity index (χ3n) is 1.89. The molecule has 1 rings (SSSR count). The number of hydrogen-bond donors (Lipinski definition) is 3. The molecule has 0 saturated heterocycles. The maximum atomic E-state index is 11.0. The predicted molar refractivity (Wildman–Crippen MR) is 58.5 cm³/mol. The maximum Gasteiger partial charge on any atom is 0.296 e. The molecule has 0 radical (unpaired) electrons. The van der Waals surface area contributed by atoms with E-state index in [2.05, 4.69) is 5.32 Å². The Morgan fingerprint density at radius 2 is 2.06 bits per heavy atom. The summed E-state index contributed by atoms with van der Waals surface area (Å²) in [4.78, 5) is 9.31. The van der Waals surface area contributed by atoms with Crippen LogP contribution in [-0.4, -0.2) is 36.2 Å². The summed E-state index contributed by atoms with van der Waals surface area (Å²) in [5.41, 5.74) is -0.831. The van der Waals surface area contributed by atoms with Gasteiger partial charge in [0.1, 0.15) is 10.6 Å². The Bertz CT molecular complexity index is 527. The van der Waals surface area contributed by atoms with Gasteiger partial charge in [-0.3, -0.25) is 14.7 Å². The molecule has 1 aromatic rings. The second-order valence-electron chi connectivity index (χ2n) is 3.03. The number of benzene rings is 1. The average Bonchev–Trinajstić information content (AvgIpc) is 2.24. The smallest absolute Gasteiger partial charge is 0.296 e. The molecule has 0 atom stereocenters. The van der Waals surface area contributed by atoms with E-state index >= 15 is 0 Å². The molecule has 0 aliphatic carbocycles. The van der Waals surface area contributed by atoms with Crippen molar-refractivity contribution < 1.29 is 23.0 Å². The minimum absolute atomic E-state index is 0.0760. The predicted octanol–water partition coefficient (Wildman–Crippen LogP) is 0.246. The highest BCUT2D eigenvalue weighted by atomic mass is 32.2. The summed E-state index contributed by atoms with van der Waals surface area (Å²) in [7, 11) is -4.57. The van der Waals surface area contributed by atoms with Crippen LogP contribution in [0.25, 0.3) is 0 Å². The van der Waals surface area contributed by atoms with Crippen LogP contribution in [0.2, 0.25) is 0 Å². The zero-order valence-corrected chi connectivity index (χ0v) is 9.35. The molecule has 17 heavy (non-hydrogen) atoms. The number of hydrogen-bond acceptors (Lipinski definition) is 6. The average molecular weight is 262 g/mol. The van der Waals surface area contributed by atoms with Gasteiger partial charge >= 0.3 is 0 Å². The standard InChI is InChI=1S/C8H10N2O6S/c11-5-4-9-8-6(10(12)13)2-1-3-7(8)17(14,15)16/h1-3,9,11H,4-5H2,(H,14,15,16). The number of nitro benzene ring substituents is 1. The molecule has 0 spiro atoms. The highest BCUT2D eigenvalue weighted by Crippen LogP contribution is 2.31. The van der Waals surface area contributed by atoms with Crippen LogP contribution in [0.4, 0.5) is 11.4 Å². The van der Waals surface area contributed by atoms with Crippen molar-refractivity contribution in [3.63, 3.8) is 0 Å². The van der Waals surface area contributed by atoms with Crippen LogP contribution in [0.3, 0.4) is 0 Å². The van der Waals surface area contributed by atoms with Gasteiger partial charge in [-0.1, -0.05) is 6.07 Å². The fourth-order valence-corrected chi connectivity index (χ4v) is 1.93. The molecule has 0 fully saturated rings. The molecular formula is C8H10N2O6S. The Morgan fingerprint density at radius 3 is 2.53 bits per heavy atom. The van der Waals surface area contributed by atoms with Crippen molar-refractivity contribution in [1.82, 2.24) is 0 Å². The molecule has 0 aliphatic heterocycles. The summed E-state index contributed by atoms with van der Waals surface area (Å²) < 4.78 is 31.0. The Labute approximate surface area is 96.8 Å². The molecule has 0 amide bonds. The lowest BCUT2D eigenvalue weighted by Crippen LogP contribution is -2.12. The lowest BCUT2D eigenvalue weighted by atomic mass is 10.2. The summed E-state index contributed by atoms with van der Waals surface area (Å²) in [6.45, 7) is -0.412. The van der Waals surface area contributed by atoms with Gasteiger partial charge in [-0.15, -0.1) is 0 Å². The molecule has 0 heterocycles. The van der Waals surface area contributed by atoms with E-state index in [1.165, 1.54) is 0 Å². The van der Waals surface area contributed by atoms with Crippen LogP contribution in [0, 0.1) is 10.1 Å². The SMILES string of the molecule is O=[N+]([O-])c1cccc(S(=O)(=O)O)c1NCCO. The van der Waals surface area contributed by atoms with Crippen LogP contribution < -0.4 is 5.32 Å². The second kappa shape index (κ2) is 5.08. The van der Waals surface area contributed by atoms with Gasteiger partial charge in [-0.25, -0.2) is 0 Å². The van der Waals surface area contributed by atoms with E-state index in [0.717, 1.165) is 18.2 Å². The van der Waals surface area contributed by atoms with Crippen molar-refractivity contribution >= 4 is 21.5 Å². The highest BCUT2D eigenvalue weighted by Gasteiger charge is 2.23. The van der Waals surface area contributed by atoms with Crippen LogP contribution in [0.1, 0.15) is 0 Å². The fraction of sp³-hybridized carbons (Fsp3) is 0.250. The van der Waals surface area contributed by atoms with Crippen molar-refractivity contribution in [1.29, 1.82) is 0 Å². The van der Waals surface area contributed by atoms with E-state index in [1.54, 1.807) is 0 Å². The second-order valence-corrected chi connectivity index (χ2v) is 4.42. The van der Waals surface area contributed by atoms with E-state index in [4.69, 9.17) is 9.66 Å². The quantitative estimate of drug-likeness (QED) is 0.393. The van der Waals surface area contributed by atoms with E-state index in [1.807, 2.05) is 0 Å². The third-order valence-corrected chi connectivity index (χ3v) is 2.79. The number of aliphatic hydroxyl groups is 1. The summed E-state index contributed by atoms with van der Waals surface area (Å²) in [5.74, 6) is 0. The number of nitrogens with zero attached hydrogens (tertiary/aromatic N) is 1. The van der Waals surface area contributed by atoms with E-state index in [-0.39, 0.29) is 18.8 Å². The first-order chi connectivity index (χ1) is 7.88. The zero-order valence-electron chi connectivity index (χ0n) is 8.53. The first kappa shape index (κ1) is 13.4. The lowest BCUT2D eigenvalue weighted by Gasteiger charge is -2.09. The van der Waals surface area contributed by atoms with Gasteiger partial charge in [-0.2, -0.15) is 8.42 Å². The highest BCUT2D eigenvalue weighted by molar-refractivity contribution is 7.86. The van der Waals surface area contributed by atoms with Gasteiger partial charge < -0.3 is 10.4 Å². The van der Waals surface area contributed by atoms with Crippen LogP contribution in [0.15, 0.2) is 23.1 Å². The number of para-hydroxylation sites is 1.